The van der Waals surface area contributed by atoms with E-state index in [-0.39, 0.29) is 17.2 Å². The number of thioether (sulfide) groups is 1. The lowest BCUT2D eigenvalue weighted by atomic mass is 10.2. The third kappa shape index (κ3) is 2.60. The smallest absolute Gasteiger partial charge is 0.364 e. The van der Waals surface area contributed by atoms with Crippen LogP contribution in [0.2, 0.25) is 0 Å². The molecule has 0 saturated heterocycles. The largest absolute Gasteiger partial charge is 0.415 e. The zero-order valence-electron chi connectivity index (χ0n) is 11.3. The Morgan fingerprint density at radius 3 is 2.29 bits per heavy atom. The van der Waals surface area contributed by atoms with E-state index in [0.717, 1.165) is 0 Å². The molecule has 1 aromatic rings. The molecule has 2 aliphatic heterocycles. The minimum atomic E-state index is -2.35. The number of carbonyl (C=O) groups is 1. The maximum absolute atomic E-state index is 13.5. The maximum atomic E-state index is 13.5. The van der Waals surface area contributed by atoms with Crippen molar-refractivity contribution >= 4 is 23.6 Å². The zero-order valence-corrected chi connectivity index (χ0v) is 12.1. The van der Waals surface area contributed by atoms with Gasteiger partial charge in [-0.2, -0.15) is 8.78 Å². The van der Waals surface area contributed by atoms with Crippen LogP contribution in [-0.4, -0.2) is 17.6 Å². The first-order chi connectivity index (χ1) is 11.4. The molecular formula is C13H4F5N3O2S. The second-order valence-electron chi connectivity index (χ2n) is 4.36. The van der Waals surface area contributed by atoms with Crippen LogP contribution in [0.1, 0.15) is 0 Å². The Labute approximate surface area is 134 Å². The third-order valence-electron chi connectivity index (χ3n) is 2.94. The van der Waals surface area contributed by atoms with Gasteiger partial charge in [-0.3, -0.25) is 0 Å². The first-order valence-corrected chi connectivity index (χ1v) is 7.20. The molecule has 0 aromatic heterocycles. The van der Waals surface area contributed by atoms with Crippen molar-refractivity contribution in [3.8, 4) is 5.75 Å². The van der Waals surface area contributed by atoms with Crippen molar-refractivity contribution in [2.45, 2.75) is 0 Å². The van der Waals surface area contributed by atoms with Gasteiger partial charge in [0.05, 0.1) is 0 Å². The van der Waals surface area contributed by atoms with Gasteiger partial charge in [0.1, 0.15) is 0 Å². The van der Waals surface area contributed by atoms with Gasteiger partial charge in [0, 0.05) is 17.5 Å². The molecule has 0 atom stereocenters. The summed E-state index contributed by atoms with van der Waals surface area (Å²) in [6, 6.07) is 0. The van der Waals surface area contributed by atoms with Crippen molar-refractivity contribution in [1.29, 1.82) is 0 Å². The van der Waals surface area contributed by atoms with Gasteiger partial charge in [-0.15, -0.1) is 22.0 Å². The summed E-state index contributed by atoms with van der Waals surface area (Å²) in [7, 11) is 0. The highest BCUT2D eigenvalue weighted by Gasteiger charge is 2.32. The average molecular weight is 361 g/mol. The highest BCUT2D eigenvalue weighted by molar-refractivity contribution is 8.02. The van der Waals surface area contributed by atoms with Crippen molar-refractivity contribution < 1.29 is 31.5 Å². The first-order valence-electron chi connectivity index (χ1n) is 6.15. The molecule has 0 N–H and O–H groups in total. The number of carbonyl (C=O) groups excluding carboxylic acids is 1. The predicted molar refractivity (Wildman–Crippen MR) is 72.8 cm³/mol. The number of halogens is 5. The molecule has 0 saturated carbocycles. The molecule has 124 valence electrons. The van der Waals surface area contributed by atoms with Crippen molar-refractivity contribution in [1.82, 2.24) is 0 Å². The summed E-state index contributed by atoms with van der Waals surface area (Å²) in [5, 5.41) is 8.69. The summed E-state index contributed by atoms with van der Waals surface area (Å²) < 4.78 is 70.6. The van der Waals surface area contributed by atoms with E-state index < -0.39 is 46.5 Å². The SMILES string of the molecule is O=C(Oc1c(F)c(F)c(F)c(F)c1F)C1=C2CSC=CN=C2N=N1. The number of amidine groups is 1. The number of azo groups is 1. The lowest BCUT2D eigenvalue weighted by Crippen LogP contribution is -2.16. The number of esters is 1. The zero-order chi connectivity index (χ0) is 17.4. The Hall–Kier alpha value is -2.56. The Bertz CT molecular complexity index is 850. The Morgan fingerprint density at radius 1 is 1.00 bits per heavy atom. The summed E-state index contributed by atoms with van der Waals surface area (Å²) in [6.45, 7) is 0. The van der Waals surface area contributed by atoms with Crippen LogP contribution in [0, 0.1) is 29.1 Å². The fourth-order valence-electron chi connectivity index (χ4n) is 1.82. The Kier molecular flexibility index (Phi) is 4.18. The molecule has 3 rings (SSSR count). The average Bonchev–Trinajstić information content (AvgIpc) is 2.84. The second kappa shape index (κ2) is 6.15. The van der Waals surface area contributed by atoms with Gasteiger partial charge in [0.2, 0.25) is 34.8 Å². The number of hydrogen-bond acceptors (Lipinski definition) is 6. The van der Waals surface area contributed by atoms with Gasteiger partial charge < -0.3 is 4.74 Å². The topological polar surface area (TPSA) is 63.4 Å². The monoisotopic (exact) mass is 361 g/mol. The van der Waals surface area contributed by atoms with Crippen LogP contribution < -0.4 is 4.74 Å². The van der Waals surface area contributed by atoms with Crippen LogP contribution in [0.4, 0.5) is 22.0 Å². The van der Waals surface area contributed by atoms with Crippen LogP contribution in [0.3, 0.4) is 0 Å². The van der Waals surface area contributed by atoms with Gasteiger partial charge in [0.15, 0.2) is 11.5 Å². The molecule has 0 fully saturated rings. The van der Waals surface area contributed by atoms with Crippen molar-refractivity contribution in [3.05, 3.63) is 52.0 Å². The molecule has 5 nitrogen and oxygen atoms in total. The summed E-state index contributed by atoms with van der Waals surface area (Å²) >= 11 is 1.23. The van der Waals surface area contributed by atoms with Crippen LogP contribution in [0.25, 0.3) is 0 Å². The summed E-state index contributed by atoms with van der Waals surface area (Å²) in [5.74, 6) is -14.1. The molecule has 0 amide bonds. The van der Waals surface area contributed by atoms with E-state index in [1.165, 1.54) is 18.0 Å². The van der Waals surface area contributed by atoms with E-state index in [4.69, 9.17) is 0 Å². The minimum Gasteiger partial charge on any atom is -0.415 e. The fraction of sp³-hybridized carbons (Fsp3) is 0.0769. The lowest BCUT2D eigenvalue weighted by Gasteiger charge is -2.08. The number of hydrogen-bond donors (Lipinski definition) is 0. The summed E-state index contributed by atoms with van der Waals surface area (Å²) in [6.07, 6.45) is 1.41. The predicted octanol–water partition coefficient (Wildman–Crippen LogP) is 3.62. The van der Waals surface area contributed by atoms with Crippen LogP contribution in [-0.2, 0) is 4.79 Å². The first kappa shape index (κ1) is 16.3. The fourth-order valence-corrected chi connectivity index (χ4v) is 2.49. The van der Waals surface area contributed by atoms with Crippen molar-refractivity contribution in [2.24, 2.45) is 15.2 Å². The molecule has 0 aliphatic carbocycles. The third-order valence-corrected chi connectivity index (χ3v) is 3.71. The van der Waals surface area contributed by atoms with E-state index >= 15 is 0 Å². The Balaban J connectivity index is 1.98. The number of ether oxygens (including phenoxy) is 1. The van der Waals surface area contributed by atoms with Gasteiger partial charge >= 0.3 is 5.97 Å². The summed E-state index contributed by atoms with van der Waals surface area (Å²) in [4.78, 5) is 15.9. The van der Waals surface area contributed by atoms with E-state index in [0.29, 0.717) is 0 Å². The minimum absolute atomic E-state index is 0.0978. The maximum Gasteiger partial charge on any atom is 0.364 e. The Morgan fingerprint density at radius 2 is 1.62 bits per heavy atom. The quantitative estimate of drug-likeness (QED) is 0.266. The van der Waals surface area contributed by atoms with Crippen LogP contribution >= 0.6 is 11.8 Å². The molecule has 2 heterocycles. The van der Waals surface area contributed by atoms with E-state index in [9.17, 15) is 26.7 Å². The lowest BCUT2D eigenvalue weighted by molar-refractivity contribution is -0.130. The number of benzene rings is 1. The number of rotatable bonds is 2. The summed E-state index contributed by atoms with van der Waals surface area (Å²) in [5.41, 5.74) is -0.201. The van der Waals surface area contributed by atoms with Gasteiger partial charge in [-0.05, 0) is 5.41 Å². The van der Waals surface area contributed by atoms with E-state index in [2.05, 4.69) is 20.0 Å². The molecule has 0 radical (unpaired) electrons. The molecule has 1 aromatic carbocycles. The highest BCUT2D eigenvalue weighted by Crippen LogP contribution is 2.31. The van der Waals surface area contributed by atoms with Crippen molar-refractivity contribution in [2.75, 3.05) is 5.75 Å². The molecule has 0 bridgehead atoms. The molecule has 24 heavy (non-hydrogen) atoms. The number of fused-ring (bicyclic) bond motifs is 1. The standard InChI is InChI=1S/C13H4F5N3O2S/c14-5-6(15)8(17)11(9(18)7(5)16)23-13(22)10-4-3-24-2-1-19-12(4)21-20-10/h1-2H,3H2. The van der Waals surface area contributed by atoms with Crippen molar-refractivity contribution in [3.63, 3.8) is 0 Å². The molecule has 11 heteroatoms. The number of nitrogens with zero attached hydrogens (tertiary/aromatic N) is 3. The molecule has 0 spiro atoms. The highest BCUT2D eigenvalue weighted by atomic mass is 32.2. The van der Waals surface area contributed by atoms with E-state index in [1.807, 2.05) is 0 Å². The van der Waals surface area contributed by atoms with Crippen LogP contribution in [0.15, 0.2) is 38.1 Å². The van der Waals surface area contributed by atoms with Gasteiger partial charge in [-0.25, -0.2) is 23.0 Å². The van der Waals surface area contributed by atoms with Gasteiger partial charge in [-0.1, -0.05) is 0 Å². The second-order valence-corrected chi connectivity index (χ2v) is 5.26. The molecule has 0 unspecified atom stereocenters. The van der Waals surface area contributed by atoms with Gasteiger partial charge in [0.25, 0.3) is 0 Å². The normalized spacial score (nSPS) is 16.1. The molecular weight excluding hydrogens is 357 g/mol. The number of aliphatic imine (C=N–C) groups is 1. The van der Waals surface area contributed by atoms with Crippen LogP contribution in [0.5, 0.6) is 5.75 Å². The van der Waals surface area contributed by atoms with E-state index in [1.54, 1.807) is 5.41 Å². The molecule has 2 aliphatic rings.